The number of nitrogens with one attached hydrogen (secondary N) is 3. The van der Waals surface area contributed by atoms with Gasteiger partial charge in [-0.2, -0.15) is 0 Å². The van der Waals surface area contributed by atoms with Crippen LogP contribution in [0.2, 0.25) is 0 Å². The smallest absolute Gasteiger partial charge is 0.319 e. The maximum atomic E-state index is 13.6. The lowest BCUT2D eigenvalue weighted by Gasteiger charge is -2.45. The molecule has 3 aromatic rings. The van der Waals surface area contributed by atoms with Gasteiger partial charge in [0.25, 0.3) is 0 Å². The molecule has 3 unspecified atom stereocenters. The average molecular weight is 565 g/mol. The molecule has 0 radical (unpaired) electrons. The van der Waals surface area contributed by atoms with E-state index in [0.29, 0.717) is 30.9 Å². The van der Waals surface area contributed by atoms with Crippen molar-refractivity contribution in [2.75, 3.05) is 37.9 Å². The summed E-state index contributed by atoms with van der Waals surface area (Å²) in [7, 11) is 3.19. The second kappa shape index (κ2) is 12.0. The molecule has 10 heteroatoms. The molecular formula is C31H34F2N4O4. The van der Waals surface area contributed by atoms with Gasteiger partial charge in [-0.15, -0.1) is 0 Å². The van der Waals surface area contributed by atoms with Crippen LogP contribution in [0.15, 0.2) is 66.7 Å². The first-order chi connectivity index (χ1) is 19.8. The lowest BCUT2D eigenvalue weighted by atomic mass is 9.65. The molecule has 1 heterocycles. The third-order valence-corrected chi connectivity index (χ3v) is 8.27. The van der Waals surface area contributed by atoms with E-state index in [4.69, 9.17) is 9.47 Å². The summed E-state index contributed by atoms with van der Waals surface area (Å²) in [5.74, 6) is -0.786. The molecule has 2 aliphatic rings. The molecule has 5 rings (SSSR count). The second-order valence-corrected chi connectivity index (χ2v) is 10.5. The van der Waals surface area contributed by atoms with Crippen LogP contribution in [0.25, 0.3) is 0 Å². The highest BCUT2D eigenvalue weighted by molar-refractivity contribution is 5.89. The number of methoxy groups -OCH3 is 2. The number of nitrogens with zero attached hydrogens (tertiary/aromatic N) is 1. The number of carbonyl (C=O) groups excluding carboxylic acids is 2. The summed E-state index contributed by atoms with van der Waals surface area (Å²) in [6.07, 6.45) is 2.73. The summed E-state index contributed by atoms with van der Waals surface area (Å²) in [4.78, 5) is 28.3. The number of anilines is 2. The van der Waals surface area contributed by atoms with E-state index in [2.05, 4.69) is 16.0 Å². The van der Waals surface area contributed by atoms with Crippen LogP contribution in [0.5, 0.6) is 11.5 Å². The van der Waals surface area contributed by atoms with Crippen molar-refractivity contribution < 1.29 is 27.8 Å². The van der Waals surface area contributed by atoms with Crippen LogP contribution in [0.1, 0.15) is 31.2 Å². The van der Waals surface area contributed by atoms with Crippen molar-refractivity contribution in [1.29, 1.82) is 0 Å². The quantitative estimate of drug-likeness (QED) is 0.345. The van der Waals surface area contributed by atoms with Crippen LogP contribution < -0.4 is 25.4 Å². The fourth-order valence-electron chi connectivity index (χ4n) is 6.22. The number of halogens is 2. The van der Waals surface area contributed by atoms with Crippen molar-refractivity contribution in [2.24, 2.45) is 0 Å². The summed E-state index contributed by atoms with van der Waals surface area (Å²) < 4.78 is 38.0. The molecular weight excluding hydrogens is 530 g/mol. The molecule has 3 N–H and O–H groups in total. The molecule has 8 nitrogen and oxygen atoms in total. The van der Waals surface area contributed by atoms with E-state index in [-0.39, 0.29) is 35.6 Å². The van der Waals surface area contributed by atoms with Gasteiger partial charge >= 0.3 is 6.03 Å². The number of rotatable bonds is 8. The second-order valence-electron chi connectivity index (χ2n) is 10.5. The first-order valence-electron chi connectivity index (χ1n) is 13.7. The SMILES string of the molecule is COc1ccc(C23CCC(NC(=O)Nc4ccc(F)c(F)c4)CC2N(C(=O)CNc2ccccc2)CC3)cc1OC. The Bertz CT molecular complexity index is 1410. The molecule has 41 heavy (non-hydrogen) atoms. The number of hydrogen-bond donors (Lipinski definition) is 3. The van der Waals surface area contributed by atoms with Crippen molar-refractivity contribution in [3.63, 3.8) is 0 Å². The van der Waals surface area contributed by atoms with Gasteiger partial charge in [0, 0.05) is 41.5 Å². The van der Waals surface area contributed by atoms with Crippen molar-refractivity contribution in [3.05, 3.63) is 83.9 Å². The number of hydrogen-bond acceptors (Lipinski definition) is 5. The number of urea groups is 1. The Labute approximate surface area is 238 Å². The van der Waals surface area contributed by atoms with Crippen molar-refractivity contribution in [1.82, 2.24) is 10.2 Å². The number of para-hydroxylation sites is 1. The normalized spacial score (nSPS) is 21.5. The summed E-state index contributed by atoms with van der Waals surface area (Å²) in [5.41, 5.74) is 1.76. The molecule has 3 aromatic carbocycles. The molecule has 1 saturated carbocycles. The van der Waals surface area contributed by atoms with E-state index in [9.17, 15) is 18.4 Å². The predicted octanol–water partition coefficient (Wildman–Crippen LogP) is 5.31. The fraction of sp³-hybridized carbons (Fsp3) is 0.355. The van der Waals surface area contributed by atoms with Gasteiger partial charge < -0.3 is 30.3 Å². The molecule has 3 atom stereocenters. The zero-order chi connectivity index (χ0) is 29.0. The highest BCUT2D eigenvalue weighted by atomic mass is 19.2. The van der Waals surface area contributed by atoms with Crippen LogP contribution in [0.4, 0.5) is 25.0 Å². The fourth-order valence-corrected chi connectivity index (χ4v) is 6.22. The lowest BCUT2D eigenvalue weighted by molar-refractivity contribution is -0.131. The maximum Gasteiger partial charge on any atom is 0.319 e. The lowest BCUT2D eigenvalue weighted by Crippen LogP contribution is -2.54. The summed E-state index contributed by atoms with van der Waals surface area (Å²) >= 11 is 0. The zero-order valence-corrected chi connectivity index (χ0v) is 23.1. The van der Waals surface area contributed by atoms with Gasteiger partial charge in [0.15, 0.2) is 23.1 Å². The standard InChI is InChI=1S/C31H34F2N4O4/c1-40-26-11-8-20(16-27(26)41-2)31-13-12-23(36-30(39)35-22-9-10-24(32)25(33)17-22)18-28(31)37(15-14-31)29(38)19-34-21-6-4-3-5-7-21/h3-11,16-17,23,28,34H,12-15,18-19H2,1-2H3,(H2,35,36,39). The van der Waals surface area contributed by atoms with Gasteiger partial charge in [-0.3, -0.25) is 4.79 Å². The predicted molar refractivity (Wildman–Crippen MR) is 152 cm³/mol. The number of fused-ring (bicyclic) bond motifs is 1. The van der Waals surface area contributed by atoms with Crippen molar-refractivity contribution in [3.8, 4) is 11.5 Å². The van der Waals surface area contributed by atoms with Gasteiger partial charge in [-0.1, -0.05) is 24.3 Å². The van der Waals surface area contributed by atoms with E-state index in [1.807, 2.05) is 53.4 Å². The van der Waals surface area contributed by atoms with Crippen LogP contribution in [-0.4, -0.2) is 56.2 Å². The number of carbonyl (C=O) groups is 2. The van der Waals surface area contributed by atoms with Crippen LogP contribution in [-0.2, 0) is 10.2 Å². The molecule has 1 saturated heterocycles. The Kier molecular flexibility index (Phi) is 8.28. The van der Waals surface area contributed by atoms with E-state index in [1.165, 1.54) is 6.07 Å². The van der Waals surface area contributed by atoms with Gasteiger partial charge in [-0.05, 0) is 67.6 Å². The van der Waals surface area contributed by atoms with Crippen LogP contribution in [0, 0.1) is 11.6 Å². The van der Waals surface area contributed by atoms with Crippen molar-refractivity contribution in [2.45, 2.75) is 43.2 Å². The molecule has 2 fully saturated rings. The molecule has 1 aliphatic heterocycles. The van der Waals surface area contributed by atoms with E-state index < -0.39 is 17.7 Å². The highest BCUT2D eigenvalue weighted by Gasteiger charge is 2.53. The topological polar surface area (TPSA) is 91.9 Å². The molecule has 0 bridgehead atoms. The molecule has 0 aromatic heterocycles. The Morgan fingerprint density at radius 1 is 0.927 bits per heavy atom. The number of benzene rings is 3. The van der Waals surface area contributed by atoms with E-state index in [0.717, 1.165) is 36.2 Å². The third kappa shape index (κ3) is 5.91. The number of ether oxygens (including phenoxy) is 2. The summed E-state index contributed by atoms with van der Waals surface area (Å²) in [6.45, 7) is 0.735. The number of likely N-dealkylation sites (tertiary alicyclic amines) is 1. The largest absolute Gasteiger partial charge is 0.493 e. The van der Waals surface area contributed by atoms with Gasteiger partial charge in [0.05, 0.1) is 20.8 Å². The Hall–Kier alpha value is -4.34. The number of amides is 3. The molecule has 3 amide bonds. The van der Waals surface area contributed by atoms with E-state index in [1.54, 1.807) is 14.2 Å². The maximum absolute atomic E-state index is 13.6. The third-order valence-electron chi connectivity index (χ3n) is 8.27. The highest BCUT2D eigenvalue weighted by Crippen LogP contribution is 2.50. The van der Waals surface area contributed by atoms with Crippen LogP contribution in [0.3, 0.4) is 0 Å². The van der Waals surface area contributed by atoms with Gasteiger partial charge in [0.1, 0.15) is 0 Å². The van der Waals surface area contributed by atoms with Crippen molar-refractivity contribution >= 4 is 23.3 Å². The first-order valence-corrected chi connectivity index (χ1v) is 13.7. The van der Waals surface area contributed by atoms with Crippen LogP contribution >= 0.6 is 0 Å². The monoisotopic (exact) mass is 564 g/mol. The molecule has 0 spiro atoms. The average Bonchev–Trinajstić information content (AvgIpc) is 3.38. The van der Waals surface area contributed by atoms with Gasteiger partial charge in [0.2, 0.25) is 5.91 Å². The summed E-state index contributed by atoms with van der Waals surface area (Å²) in [6, 6.07) is 17.8. The zero-order valence-electron chi connectivity index (χ0n) is 23.1. The Balaban J connectivity index is 1.36. The Morgan fingerprint density at radius 3 is 2.44 bits per heavy atom. The minimum absolute atomic E-state index is 0.0203. The van der Waals surface area contributed by atoms with E-state index >= 15 is 0 Å². The molecule has 1 aliphatic carbocycles. The molecule has 216 valence electrons. The van der Waals surface area contributed by atoms with Gasteiger partial charge in [-0.25, -0.2) is 13.6 Å². The minimum Gasteiger partial charge on any atom is -0.493 e. The first kappa shape index (κ1) is 28.2. The Morgan fingerprint density at radius 2 is 1.71 bits per heavy atom. The minimum atomic E-state index is -1.04. The summed E-state index contributed by atoms with van der Waals surface area (Å²) in [5, 5.41) is 8.77.